The summed E-state index contributed by atoms with van der Waals surface area (Å²) in [4.78, 5) is 14.3. The zero-order valence-electron chi connectivity index (χ0n) is 11.5. The molecule has 0 spiro atoms. The molecule has 1 saturated carbocycles. The summed E-state index contributed by atoms with van der Waals surface area (Å²) in [5.41, 5.74) is 0.0892. The highest BCUT2D eigenvalue weighted by atomic mass is 16.3. The zero-order chi connectivity index (χ0) is 14.3. The molecule has 1 amide bonds. The number of carbonyl (C=O) groups is 1. The van der Waals surface area contributed by atoms with Crippen molar-refractivity contribution in [2.45, 2.75) is 25.4 Å². The Morgan fingerprint density at radius 1 is 1.45 bits per heavy atom. The fourth-order valence-electron chi connectivity index (χ4n) is 3.22. The quantitative estimate of drug-likeness (QED) is 0.891. The predicted molar refractivity (Wildman–Crippen MR) is 73.9 cm³/mol. The smallest absolute Gasteiger partial charge is 0.255 e. The first-order valence-corrected chi connectivity index (χ1v) is 7.07. The van der Waals surface area contributed by atoms with Gasteiger partial charge in [0, 0.05) is 12.5 Å². The molecule has 0 aromatic heterocycles. The number of rotatable bonds is 2. The molecule has 1 heterocycles. The highest BCUT2D eigenvalue weighted by molar-refractivity contribution is 5.96. The van der Waals surface area contributed by atoms with E-state index in [0.29, 0.717) is 30.1 Å². The van der Waals surface area contributed by atoms with Crippen molar-refractivity contribution in [3.05, 3.63) is 35.4 Å². The van der Waals surface area contributed by atoms with Gasteiger partial charge in [0.25, 0.3) is 5.91 Å². The van der Waals surface area contributed by atoms with Crippen molar-refractivity contribution in [2.24, 2.45) is 11.8 Å². The second kappa shape index (κ2) is 4.60. The molecule has 0 bridgehead atoms. The van der Waals surface area contributed by atoms with Gasteiger partial charge in [-0.05, 0) is 30.9 Å². The SMILES string of the molecule is C[C@H]1CN(C(=O)c2ccccc2C#N)C[C@]1(O)C1CC1. The third kappa shape index (κ3) is 1.99. The van der Waals surface area contributed by atoms with Gasteiger partial charge in [-0.3, -0.25) is 4.79 Å². The van der Waals surface area contributed by atoms with Crippen molar-refractivity contribution < 1.29 is 9.90 Å². The summed E-state index contributed by atoms with van der Waals surface area (Å²) in [6.45, 7) is 2.95. The number of likely N-dealkylation sites (tertiary alicyclic amines) is 1. The maximum absolute atomic E-state index is 12.6. The lowest BCUT2D eigenvalue weighted by atomic mass is 9.88. The molecular formula is C16H18N2O2. The van der Waals surface area contributed by atoms with E-state index < -0.39 is 5.60 Å². The first kappa shape index (κ1) is 13.1. The highest BCUT2D eigenvalue weighted by Crippen LogP contribution is 2.47. The molecule has 2 fully saturated rings. The van der Waals surface area contributed by atoms with Gasteiger partial charge in [0.1, 0.15) is 0 Å². The molecule has 4 nitrogen and oxygen atoms in total. The van der Waals surface area contributed by atoms with Gasteiger partial charge in [0.05, 0.1) is 29.3 Å². The van der Waals surface area contributed by atoms with E-state index in [-0.39, 0.29) is 11.8 Å². The van der Waals surface area contributed by atoms with Crippen LogP contribution in [-0.2, 0) is 0 Å². The zero-order valence-corrected chi connectivity index (χ0v) is 11.5. The lowest BCUT2D eigenvalue weighted by Crippen LogP contribution is -2.40. The first-order chi connectivity index (χ1) is 9.56. The van der Waals surface area contributed by atoms with Gasteiger partial charge in [-0.25, -0.2) is 0 Å². The van der Waals surface area contributed by atoms with Crippen LogP contribution in [0.1, 0.15) is 35.7 Å². The number of β-amino-alcohol motifs (C(OH)–C–C–N with tert-alkyl or cyclic N) is 1. The van der Waals surface area contributed by atoms with E-state index in [1.165, 1.54) is 0 Å². The van der Waals surface area contributed by atoms with Crippen molar-refractivity contribution in [3.63, 3.8) is 0 Å². The molecule has 1 aromatic carbocycles. The fraction of sp³-hybridized carbons (Fsp3) is 0.500. The van der Waals surface area contributed by atoms with Crippen LogP contribution in [0.5, 0.6) is 0 Å². The molecule has 20 heavy (non-hydrogen) atoms. The van der Waals surface area contributed by atoms with E-state index in [1.54, 1.807) is 29.2 Å². The van der Waals surface area contributed by atoms with Gasteiger partial charge in [-0.15, -0.1) is 0 Å². The minimum Gasteiger partial charge on any atom is -0.387 e. The summed E-state index contributed by atoms with van der Waals surface area (Å²) in [6.07, 6.45) is 2.11. The van der Waals surface area contributed by atoms with Crippen molar-refractivity contribution in [2.75, 3.05) is 13.1 Å². The molecular weight excluding hydrogens is 252 g/mol. The van der Waals surface area contributed by atoms with Gasteiger partial charge in [0.2, 0.25) is 0 Å². The van der Waals surface area contributed by atoms with Crippen LogP contribution in [0.25, 0.3) is 0 Å². The topological polar surface area (TPSA) is 64.3 Å². The molecule has 3 rings (SSSR count). The molecule has 2 aliphatic rings. The summed E-state index contributed by atoms with van der Waals surface area (Å²) in [7, 11) is 0. The summed E-state index contributed by atoms with van der Waals surface area (Å²) < 4.78 is 0. The van der Waals surface area contributed by atoms with Gasteiger partial charge in [-0.1, -0.05) is 19.1 Å². The number of carbonyl (C=O) groups excluding carboxylic acids is 1. The third-order valence-electron chi connectivity index (χ3n) is 4.64. The van der Waals surface area contributed by atoms with Crippen LogP contribution < -0.4 is 0 Å². The van der Waals surface area contributed by atoms with E-state index in [1.807, 2.05) is 6.92 Å². The molecule has 104 valence electrons. The van der Waals surface area contributed by atoms with Crippen molar-refractivity contribution >= 4 is 5.91 Å². The second-order valence-corrected chi connectivity index (χ2v) is 6.01. The number of aliphatic hydroxyl groups is 1. The minimum atomic E-state index is -0.739. The Hall–Kier alpha value is -1.86. The van der Waals surface area contributed by atoms with Crippen LogP contribution in [0.2, 0.25) is 0 Å². The molecule has 0 radical (unpaired) electrons. The van der Waals surface area contributed by atoms with E-state index >= 15 is 0 Å². The van der Waals surface area contributed by atoms with Crippen LogP contribution in [0.3, 0.4) is 0 Å². The molecule has 1 aliphatic heterocycles. The van der Waals surface area contributed by atoms with Crippen LogP contribution in [0.4, 0.5) is 0 Å². The lowest BCUT2D eigenvalue weighted by molar-refractivity contribution is -0.00364. The Balaban J connectivity index is 1.84. The number of nitrogens with zero attached hydrogens (tertiary/aromatic N) is 2. The normalized spacial score (nSPS) is 29.2. The number of hydrogen-bond acceptors (Lipinski definition) is 3. The number of hydrogen-bond donors (Lipinski definition) is 1. The van der Waals surface area contributed by atoms with Crippen LogP contribution in [0.15, 0.2) is 24.3 Å². The number of amides is 1. The molecule has 1 aliphatic carbocycles. The molecule has 1 aromatic rings. The first-order valence-electron chi connectivity index (χ1n) is 7.07. The van der Waals surface area contributed by atoms with Crippen molar-refractivity contribution in [3.8, 4) is 6.07 Å². The Morgan fingerprint density at radius 3 is 2.80 bits per heavy atom. The highest BCUT2D eigenvalue weighted by Gasteiger charge is 2.53. The standard InChI is InChI=1S/C16H18N2O2/c1-11-9-18(10-16(11,20)13-6-7-13)15(19)14-5-3-2-4-12(14)8-17/h2-5,11,13,20H,6-7,9-10H2,1H3/t11-,16+/m0/s1. The van der Waals surface area contributed by atoms with Gasteiger partial charge in [-0.2, -0.15) is 5.26 Å². The Kier molecular flexibility index (Phi) is 3.02. The number of nitriles is 1. The Labute approximate surface area is 118 Å². The maximum Gasteiger partial charge on any atom is 0.255 e. The molecule has 0 unspecified atom stereocenters. The summed E-state index contributed by atoms with van der Waals surface area (Å²) >= 11 is 0. The van der Waals surface area contributed by atoms with Gasteiger partial charge in [0.15, 0.2) is 0 Å². The van der Waals surface area contributed by atoms with Crippen LogP contribution in [0, 0.1) is 23.2 Å². The Morgan fingerprint density at radius 2 is 2.15 bits per heavy atom. The van der Waals surface area contributed by atoms with Gasteiger partial charge < -0.3 is 10.0 Å². The van der Waals surface area contributed by atoms with E-state index in [4.69, 9.17) is 5.26 Å². The van der Waals surface area contributed by atoms with E-state index in [0.717, 1.165) is 12.8 Å². The molecule has 1 saturated heterocycles. The summed E-state index contributed by atoms with van der Waals surface area (Å²) in [5, 5.41) is 19.8. The summed E-state index contributed by atoms with van der Waals surface area (Å²) in [5.74, 6) is 0.278. The Bertz CT molecular complexity index is 588. The van der Waals surface area contributed by atoms with Crippen LogP contribution in [-0.4, -0.2) is 34.6 Å². The summed E-state index contributed by atoms with van der Waals surface area (Å²) in [6, 6.07) is 8.91. The third-order valence-corrected chi connectivity index (χ3v) is 4.64. The average Bonchev–Trinajstić information content (AvgIpc) is 3.26. The van der Waals surface area contributed by atoms with Gasteiger partial charge >= 0.3 is 0 Å². The molecule has 1 N–H and O–H groups in total. The maximum atomic E-state index is 12.6. The predicted octanol–water partition coefficient (Wildman–Crippen LogP) is 1.79. The fourth-order valence-corrected chi connectivity index (χ4v) is 3.22. The van der Waals surface area contributed by atoms with E-state index in [2.05, 4.69) is 6.07 Å². The van der Waals surface area contributed by atoms with Crippen molar-refractivity contribution in [1.82, 2.24) is 4.90 Å². The van der Waals surface area contributed by atoms with Crippen molar-refractivity contribution in [1.29, 1.82) is 5.26 Å². The largest absolute Gasteiger partial charge is 0.387 e. The molecule has 4 heteroatoms. The second-order valence-electron chi connectivity index (χ2n) is 6.01. The molecule has 2 atom stereocenters. The lowest BCUT2D eigenvalue weighted by Gasteiger charge is -2.26. The minimum absolute atomic E-state index is 0.0909. The average molecular weight is 270 g/mol. The van der Waals surface area contributed by atoms with E-state index in [9.17, 15) is 9.90 Å². The number of benzene rings is 1. The van der Waals surface area contributed by atoms with Crippen LogP contribution >= 0.6 is 0 Å². The monoisotopic (exact) mass is 270 g/mol.